The highest BCUT2D eigenvalue weighted by molar-refractivity contribution is 8.02. The molecule has 0 aliphatic rings. The molecule has 0 unspecified atom stereocenters. The molecule has 6 heteroatoms. The fourth-order valence-electron chi connectivity index (χ4n) is 0.581. The zero-order valence-electron chi connectivity index (χ0n) is 7.57. The van der Waals surface area contributed by atoms with Gasteiger partial charge >= 0.3 is 5.97 Å². The minimum atomic E-state index is -0.842. The van der Waals surface area contributed by atoms with Crippen molar-refractivity contribution in [2.75, 3.05) is 0 Å². The highest BCUT2D eigenvalue weighted by atomic mass is 32.2. The van der Waals surface area contributed by atoms with Gasteiger partial charge in [0.2, 0.25) is 0 Å². The lowest BCUT2D eigenvalue weighted by atomic mass is 10.2. The van der Waals surface area contributed by atoms with Crippen LogP contribution in [-0.2, 0) is 4.79 Å². The van der Waals surface area contributed by atoms with Crippen LogP contribution < -0.4 is 0 Å². The number of carbonyl (C=O) groups is 1. The van der Waals surface area contributed by atoms with Gasteiger partial charge in [-0.3, -0.25) is 4.79 Å². The first-order chi connectivity index (χ1) is 5.92. The van der Waals surface area contributed by atoms with E-state index in [1.165, 1.54) is 23.3 Å². The zero-order chi connectivity index (χ0) is 10.1. The third-order valence-corrected chi connectivity index (χ3v) is 3.39. The van der Waals surface area contributed by atoms with Gasteiger partial charge in [-0.1, -0.05) is 11.8 Å². The Hall–Kier alpha value is -0.620. The fourth-order valence-corrected chi connectivity index (χ4v) is 2.59. The number of carboxylic acids is 1. The van der Waals surface area contributed by atoms with Gasteiger partial charge in [-0.2, -0.15) is 4.37 Å². The normalized spacial score (nSPS) is 11.6. The van der Waals surface area contributed by atoms with Gasteiger partial charge in [-0.05, 0) is 32.3 Å². The van der Waals surface area contributed by atoms with Crippen LogP contribution in [0.2, 0.25) is 0 Å². The molecule has 1 heterocycles. The zero-order valence-corrected chi connectivity index (χ0v) is 9.20. The van der Waals surface area contributed by atoms with Crippen LogP contribution in [0.5, 0.6) is 0 Å². The van der Waals surface area contributed by atoms with Gasteiger partial charge < -0.3 is 5.11 Å². The maximum absolute atomic E-state index is 10.8. The van der Waals surface area contributed by atoms with Crippen molar-refractivity contribution in [2.24, 2.45) is 0 Å². The summed E-state index contributed by atoms with van der Waals surface area (Å²) in [5, 5.41) is 8.84. The SMILES string of the molecule is Cc1nsc(SC(C)(C)C(=O)O)n1. The average molecular weight is 218 g/mol. The Balaban J connectivity index is 2.74. The second-order valence-corrected chi connectivity index (χ2v) is 5.65. The second-order valence-electron chi connectivity index (χ2n) is 3.03. The number of rotatable bonds is 3. The van der Waals surface area contributed by atoms with E-state index in [9.17, 15) is 4.79 Å². The fraction of sp³-hybridized carbons (Fsp3) is 0.571. The molecule has 0 fully saturated rings. The van der Waals surface area contributed by atoms with E-state index in [1.54, 1.807) is 20.8 Å². The maximum Gasteiger partial charge on any atom is 0.319 e. The topological polar surface area (TPSA) is 63.1 Å². The minimum Gasteiger partial charge on any atom is -0.480 e. The van der Waals surface area contributed by atoms with E-state index in [2.05, 4.69) is 9.36 Å². The molecule has 13 heavy (non-hydrogen) atoms. The highest BCUT2D eigenvalue weighted by Crippen LogP contribution is 2.33. The summed E-state index contributed by atoms with van der Waals surface area (Å²) in [6.07, 6.45) is 0. The number of aromatic nitrogens is 2. The summed E-state index contributed by atoms with van der Waals surface area (Å²) < 4.78 is 3.83. The van der Waals surface area contributed by atoms with Crippen LogP contribution in [0, 0.1) is 6.92 Å². The summed E-state index contributed by atoms with van der Waals surface area (Å²) in [5.41, 5.74) is 0. The number of hydrogen-bond donors (Lipinski definition) is 1. The van der Waals surface area contributed by atoms with Gasteiger partial charge in [0.1, 0.15) is 10.6 Å². The molecule has 0 radical (unpaired) electrons. The second kappa shape index (κ2) is 3.63. The average Bonchev–Trinajstić information content (AvgIpc) is 2.34. The van der Waals surface area contributed by atoms with E-state index in [1.807, 2.05) is 0 Å². The summed E-state index contributed by atoms with van der Waals surface area (Å²) in [6.45, 7) is 5.09. The van der Waals surface area contributed by atoms with E-state index in [0.717, 1.165) is 0 Å². The summed E-state index contributed by atoms with van der Waals surface area (Å²) in [7, 11) is 0. The molecule has 72 valence electrons. The molecule has 0 amide bonds. The van der Waals surface area contributed by atoms with Crippen molar-refractivity contribution in [3.05, 3.63) is 5.82 Å². The van der Waals surface area contributed by atoms with Crippen LogP contribution in [0.25, 0.3) is 0 Å². The molecule has 0 aromatic carbocycles. The third-order valence-electron chi connectivity index (χ3n) is 1.37. The minimum absolute atomic E-state index is 0.689. The van der Waals surface area contributed by atoms with Crippen LogP contribution in [0.3, 0.4) is 0 Å². The molecular weight excluding hydrogens is 208 g/mol. The lowest BCUT2D eigenvalue weighted by Gasteiger charge is -2.15. The van der Waals surface area contributed by atoms with Gasteiger partial charge in [0, 0.05) is 0 Å². The number of nitrogens with zero attached hydrogens (tertiary/aromatic N) is 2. The first-order valence-corrected chi connectivity index (χ1v) is 5.23. The third kappa shape index (κ3) is 2.67. The number of carboxylic acid groups (broad SMARTS) is 1. The largest absolute Gasteiger partial charge is 0.480 e. The van der Waals surface area contributed by atoms with E-state index in [4.69, 9.17) is 5.11 Å². The van der Waals surface area contributed by atoms with Gasteiger partial charge in [0.25, 0.3) is 0 Å². The molecule has 0 saturated heterocycles. The Labute approximate surface area is 84.6 Å². The molecule has 0 saturated carbocycles. The first-order valence-electron chi connectivity index (χ1n) is 3.64. The molecule has 1 N–H and O–H groups in total. The van der Waals surface area contributed by atoms with E-state index < -0.39 is 10.7 Å². The summed E-state index contributed by atoms with van der Waals surface area (Å²) in [6, 6.07) is 0. The molecular formula is C7H10N2O2S2. The van der Waals surface area contributed by atoms with E-state index in [-0.39, 0.29) is 0 Å². The monoisotopic (exact) mass is 218 g/mol. The lowest BCUT2D eigenvalue weighted by Crippen LogP contribution is -2.26. The molecule has 4 nitrogen and oxygen atoms in total. The predicted molar refractivity (Wildman–Crippen MR) is 52.2 cm³/mol. The van der Waals surface area contributed by atoms with Crippen molar-refractivity contribution in [3.63, 3.8) is 0 Å². The van der Waals surface area contributed by atoms with Gasteiger partial charge in [-0.15, -0.1) is 0 Å². The molecule has 1 aromatic rings. The Bertz CT molecular complexity index is 322. The number of thioether (sulfide) groups is 1. The Kier molecular flexibility index (Phi) is 2.92. The van der Waals surface area contributed by atoms with Crippen molar-refractivity contribution in [3.8, 4) is 0 Å². The maximum atomic E-state index is 10.8. The van der Waals surface area contributed by atoms with Crippen molar-refractivity contribution in [1.82, 2.24) is 9.36 Å². The van der Waals surface area contributed by atoms with Crippen LogP contribution >= 0.6 is 23.3 Å². The summed E-state index contributed by atoms with van der Waals surface area (Å²) >= 11 is 2.45. The van der Waals surface area contributed by atoms with Crippen molar-refractivity contribution in [2.45, 2.75) is 29.9 Å². The number of aryl methyl sites for hydroxylation is 1. The van der Waals surface area contributed by atoms with E-state index >= 15 is 0 Å². The molecule has 0 atom stereocenters. The van der Waals surface area contributed by atoms with Crippen molar-refractivity contribution < 1.29 is 9.90 Å². The molecule has 1 rings (SSSR count). The number of aliphatic carboxylic acids is 1. The van der Waals surface area contributed by atoms with Gasteiger partial charge in [0.15, 0.2) is 4.34 Å². The van der Waals surface area contributed by atoms with E-state index in [0.29, 0.717) is 10.2 Å². The molecule has 0 bridgehead atoms. The molecule has 0 spiro atoms. The van der Waals surface area contributed by atoms with Crippen LogP contribution in [0.1, 0.15) is 19.7 Å². The summed E-state index contributed by atoms with van der Waals surface area (Å²) in [5.74, 6) is -0.154. The van der Waals surface area contributed by atoms with Gasteiger partial charge in [0.05, 0.1) is 0 Å². The first kappa shape index (κ1) is 10.5. The van der Waals surface area contributed by atoms with Crippen LogP contribution in [0.15, 0.2) is 4.34 Å². The smallest absolute Gasteiger partial charge is 0.319 e. The highest BCUT2D eigenvalue weighted by Gasteiger charge is 2.29. The standard InChI is InChI=1S/C7H10N2O2S2/c1-4-8-6(13-9-4)12-7(2,3)5(10)11/h1-3H3,(H,10,11). The van der Waals surface area contributed by atoms with Crippen LogP contribution in [-0.4, -0.2) is 25.2 Å². The molecule has 1 aromatic heterocycles. The van der Waals surface area contributed by atoms with Crippen LogP contribution in [0.4, 0.5) is 0 Å². The predicted octanol–water partition coefficient (Wildman–Crippen LogP) is 1.80. The quantitative estimate of drug-likeness (QED) is 0.784. The Morgan fingerprint density at radius 2 is 2.23 bits per heavy atom. The van der Waals surface area contributed by atoms with Crippen molar-refractivity contribution in [1.29, 1.82) is 0 Å². The van der Waals surface area contributed by atoms with Gasteiger partial charge in [-0.25, -0.2) is 4.98 Å². The number of hydrogen-bond acceptors (Lipinski definition) is 5. The molecule has 0 aliphatic heterocycles. The van der Waals surface area contributed by atoms with Crippen molar-refractivity contribution >= 4 is 29.3 Å². The molecule has 0 aliphatic carbocycles. The Morgan fingerprint density at radius 1 is 1.62 bits per heavy atom. The lowest BCUT2D eigenvalue weighted by molar-refractivity contribution is -0.138. The summed E-state index contributed by atoms with van der Waals surface area (Å²) in [4.78, 5) is 14.9. The Morgan fingerprint density at radius 3 is 2.62 bits per heavy atom.